The van der Waals surface area contributed by atoms with Crippen molar-refractivity contribution < 1.29 is 12.6 Å². The Morgan fingerprint density at radius 2 is 1.30 bits per heavy atom. The summed E-state index contributed by atoms with van der Waals surface area (Å²) in [5.41, 5.74) is 3.22. The van der Waals surface area contributed by atoms with E-state index in [-0.39, 0.29) is 11.5 Å². The van der Waals surface area contributed by atoms with Crippen molar-refractivity contribution in [3.63, 3.8) is 0 Å². The van der Waals surface area contributed by atoms with E-state index in [2.05, 4.69) is 19.1 Å². The molecule has 0 aliphatic heterocycles. The Morgan fingerprint density at radius 1 is 0.758 bits per heavy atom. The molecular weight excluding hydrogens is 428 g/mol. The summed E-state index contributed by atoms with van der Waals surface area (Å²) in [6, 6.07) is 14.9. The van der Waals surface area contributed by atoms with Crippen molar-refractivity contribution in [1.82, 2.24) is 0 Å². The first kappa shape index (κ1) is 26.0. The lowest BCUT2D eigenvalue weighted by atomic mass is 9.78. The molecule has 0 spiro atoms. The molecule has 2 aromatic rings. The number of benzene rings is 2. The first-order valence-electron chi connectivity index (χ1n) is 13.0. The molecule has 3 nitrogen and oxygen atoms in total. The first-order chi connectivity index (χ1) is 16.0. The zero-order valence-electron chi connectivity index (χ0n) is 20.6. The minimum Gasteiger partial charge on any atom is -0.262 e. The van der Waals surface area contributed by atoms with Gasteiger partial charge >= 0.3 is 0 Å². The van der Waals surface area contributed by atoms with Crippen LogP contribution in [0, 0.1) is 18.8 Å². The van der Waals surface area contributed by atoms with Gasteiger partial charge in [-0.2, -0.15) is 8.42 Å². The highest BCUT2D eigenvalue weighted by atomic mass is 32.2. The number of hydrogen-bond acceptors (Lipinski definition) is 3. The molecule has 0 radical (unpaired) electrons. The summed E-state index contributed by atoms with van der Waals surface area (Å²) >= 11 is 0. The van der Waals surface area contributed by atoms with Gasteiger partial charge in [0.2, 0.25) is 0 Å². The lowest BCUT2D eigenvalue weighted by Gasteiger charge is -2.28. The minimum absolute atomic E-state index is 0.0671. The van der Waals surface area contributed by atoms with Crippen LogP contribution in [0.15, 0.2) is 53.4 Å². The van der Waals surface area contributed by atoms with E-state index in [4.69, 9.17) is 4.18 Å². The van der Waals surface area contributed by atoms with Crippen LogP contribution in [0.25, 0.3) is 0 Å². The second-order valence-corrected chi connectivity index (χ2v) is 11.6. The lowest BCUT2D eigenvalue weighted by molar-refractivity contribution is 0.245. The molecule has 0 heterocycles. The summed E-state index contributed by atoms with van der Waals surface area (Å²) < 4.78 is 29.9. The van der Waals surface area contributed by atoms with Crippen LogP contribution in [-0.2, 0) is 27.3 Å². The fourth-order valence-corrected chi connectivity index (χ4v) is 5.87. The van der Waals surface area contributed by atoms with Crippen LogP contribution in [0.1, 0.15) is 94.2 Å². The van der Waals surface area contributed by atoms with E-state index in [0.29, 0.717) is 0 Å². The molecule has 2 aromatic carbocycles. The fourth-order valence-electron chi connectivity index (χ4n) is 4.97. The highest BCUT2D eigenvalue weighted by molar-refractivity contribution is 7.86. The van der Waals surface area contributed by atoms with Gasteiger partial charge in [0.15, 0.2) is 0 Å². The SMILES string of the molecule is CCCCCC1CCC(CCCCc2ccc(COS(=O)(=O)c3ccc(C)cc3)cc2)CC1. The molecule has 33 heavy (non-hydrogen) atoms. The van der Waals surface area contributed by atoms with Gasteiger partial charge in [0.05, 0.1) is 11.5 Å². The van der Waals surface area contributed by atoms with E-state index in [9.17, 15) is 8.42 Å². The van der Waals surface area contributed by atoms with Crippen LogP contribution in [-0.4, -0.2) is 8.42 Å². The molecule has 0 unspecified atom stereocenters. The molecule has 1 fully saturated rings. The predicted octanol–water partition coefficient (Wildman–Crippen LogP) is 8.00. The van der Waals surface area contributed by atoms with Gasteiger partial charge in [-0.15, -0.1) is 0 Å². The molecule has 0 N–H and O–H groups in total. The quantitative estimate of drug-likeness (QED) is 0.220. The maximum atomic E-state index is 12.3. The summed E-state index contributed by atoms with van der Waals surface area (Å²) in [7, 11) is -3.72. The standard InChI is InChI=1S/C29H42O3S/c1-3-4-5-8-25-13-15-26(16-14-25)9-6-7-10-27-17-19-28(20-18-27)23-32-33(30,31)29-21-11-24(2)12-22-29/h11-12,17-22,25-26H,3-10,13-16,23H2,1-2H3. The van der Waals surface area contributed by atoms with Gasteiger partial charge in [0.1, 0.15) is 0 Å². The monoisotopic (exact) mass is 470 g/mol. The Kier molecular flexibility index (Phi) is 10.5. The normalized spacial score (nSPS) is 19.0. The molecule has 182 valence electrons. The molecule has 1 aliphatic carbocycles. The van der Waals surface area contributed by atoms with Crippen molar-refractivity contribution in [3.8, 4) is 0 Å². The van der Waals surface area contributed by atoms with Crippen LogP contribution in [0.4, 0.5) is 0 Å². The minimum atomic E-state index is -3.72. The summed E-state index contributed by atoms with van der Waals surface area (Å²) in [5.74, 6) is 1.95. The molecule has 1 aliphatic rings. The molecule has 3 rings (SSSR count). The zero-order chi connectivity index (χ0) is 23.5. The average molecular weight is 471 g/mol. The van der Waals surface area contributed by atoms with E-state index in [1.54, 1.807) is 24.3 Å². The van der Waals surface area contributed by atoms with E-state index < -0.39 is 10.1 Å². The van der Waals surface area contributed by atoms with Crippen molar-refractivity contribution in [2.24, 2.45) is 11.8 Å². The fraction of sp³-hybridized carbons (Fsp3) is 0.586. The van der Waals surface area contributed by atoms with E-state index >= 15 is 0 Å². The van der Waals surface area contributed by atoms with Crippen molar-refractivity contribution in [2.45, 2.75) is 102 Å². The molecule has 4 heteroatoms. The van der Waals surface area contributed by atoms with Crippen molar-refractivity contribution >= 4 is 10.1 Å². The topological polar surface area (TPSA) is 43.4 Å². The summed E-state index contributed by atoms with van der Waals surface area (Å²) in [6.07, 6.45) is 16.4. The van der Waals surface area contributed by atoms with E-state index in [0.717, 1.165) is 29.4 Å². The molecule has 1 saturated carbocycles. The highest BCUT2D eigenvalue weighted by Gasteiger charge is 2.20. The van der Waals surface area contributed by atoms with Crippen LogP contribution in [0.2, 0.25) is 0 Å². The second-order valence-electron chi connectivity index (χ2n) is 9.97. The van der Waals surface area contributed by atoms with Gasteiger partial charge in [-0.1, -0.05) is 113 Å². The molecule has 0 bridgehead atoms. The zero-order valence-corrected chi connectivity index (χ0v) is 21.4. The Morgan fingerprint density at radius 3 is 1.88 bits per heavy atom. The lowest BCUT2D eigenvalue weighted by Crippen LogP contribution is -2.14. The van der Waals surface area contributed by atoms with Crippen molar-refractivity contribution in [1.29, 1.82) is 0 Å². The Bertz CT molecular complexity index is 908. The largest absolute Gasteiger partial charge is 0.297 e. The van der Waals surface area contributed by atoms with Crippen molar-refractivity contribution in [3.05, 3.63) is 65.2 Å². The average Bonchev–Trinajstić information content (AvgIpc) is 2.83. The first-order valence-corrected chi connectivity index (χ1v) is 14.4. The highest BCUT2D eigenvalue weighted by Crippen LogP contribution is 2.34. The van der Waals surface area contributed by atoms with Gasteiger partial charge < -0.3 is 0 Å². The van der Waals surface area contributed by atoms with Gasteiger partial charge in [0, 0.05) is 0 Å². The maximum absolute atomic E-state index is 12.3. The number of aryl methyl sites for hydroxylation is 2. The Labute approximate surface area is 202 Å². The summed E-state index contributed by atoms with van der Waals surface area (Å²) in [5, 5.41) is 0. The number of hydrogen-bond donors (Lipinski definition) is 0. The van der Waals surface area contributed by atoms with Gasteiger partial charge in [-0.3, -0.25) is 4.18 Å². The Hall–Kier alpha value is -1.65. The van der Waals surface area contributed by atoms with Crippen LogP contribution >= 0.6 is 0 Å². The van der Waals surface area contributed by atoms with Crippen LogP contribution in [0.3, 0.4) is 0 Å². The smallest absolute Gasteiger partial charge is 0.262 e. The maximum Gasteiger partial charge on any atom is 0.297 e. The van der Waals surface area contributed by atoms with Crippen molar-refractivity contribution in [2.75, 3.05) is 0 Å². The predicted molar refractivity (Wildman–Crippen MR) is 137 cm³/mol. The molecule has 0 amide bonds. The molecule has 0 aromatic heterocycles. The molecular formula is C29H42O3S. The van der Waals surface area contributed by atoms with E-state index in [1.165, 1.54) is 76.2 Å². The number of unbranched alkanes of at least 4 members (excludes halogenated alkanes) is 3. The third-order valence-corrected chi connectivity index (χ3v) is 8.50. The summed E-state index contributed by atoms with van der Waals surface area (Å²) in [6.45, 7) is 4.29. The van der Waals surface area contributed by atoms with E-state index in [1.807, 2.05) is 19.1 Å². The summed E-state index contributed by atoms with van der Waals surface area (Å²) in [4.78, 5) is 0.203. The molecule has 0 atom stereocenters. The third kappa shape index (κ3) is 8.90. The van der Waals surface area contributed by atoms with Gasteiger partial charge in [-0.05, 0) is 54.9 Å². The second kappa shape index (κ2) is 13.3. The molecule has 0 saturated heterocycles. The van der Waals surface area contributed by atoms with Crippen LogP contribution < -0.4 is 0 Å². The third-order valence-electron chi connectivity index (χ3n) is 7.22. The van der Waals surface area contributed by atoms with Gasteiger partial charge in [-0.25, -0.2) is 0 Å². The Balaban J connectivity index is 1.32. The number of rotatable bonds is 13. The van der Waals surface area contributed by atoms with Gasteiger partial charge in [0.25, 0.3) is 10.1 Å². The van der Waals surface area contributed by atoms with Crippen LogP contribution in [0.5, 0.6) is 0 Å².